The molecule has 13 nitrogen and oxygen atoms in total. The highest BCUT2D eigenvalue weighted by Crippen LogP contribution is 2.47. The molecule has 0 heterocycles. The fourth-order valence-corrected chi connectivity index (χ4v) is 7.17. The zero-order valence-electron chi connectivity index (χ0n) is 34.2. The standard InChI is InChI=1S/C42H75O13P/c1-3-5-7-9-11-13-15-17-18-19-21-22-24-26-28-30-35(43)52-32-34(54-36(44)31-29-27-25-23-20-16-14-12-10-8-6-4-2)33-53-56(50,51)55-42-40(48)38(46)37(45)39(47)41(42)49/h11-14,17-18,34,37-42,45-49H,3-10,15-16,19-33H2,1-2H3,(H,50,51)/b13-11+,14-12+,18-17+/t34-,37?,38-,39?,40?,41?,42?/m0/s1. The minimum absolute atomic E-state index is 0.0829. The number of rotatable bonds is 34. The summed E-state index contributed by atoms with van der Waals surface area (Å²) in [4.78, 5) is 35.5. The van der Waals surface area contributed by atoms with Crippen molar-refractivity contribution < 1.29 is 63.1 Å². The molecule has 8 atom stereocenters. The average Bonchev–Trinajstić information content (AvgIpc) is 3.18. The largest absolute Gasteiger partial charge is 0.472 e. The Hall–Kier alpha value is -1.93. The molecule has 1 fully saturated rings. The first kappa shape index (κ1) is 52.1. The number of unbranched alkanes of at least 4 members (excludes halogenated alkanes) is 16. The van der Waals surface area contributed by atoms with Gasteiger partial charge in [-0.3, -0.25) is 18.6 Å². The predicted octanol–water partition coefficient (Wildman–Crippen LogP) is 7.44. The fourth-order valence-electron chi connectivity index (χ4n) is 6.19. The molecule has 1 aliphatic carbocycles. The van der Waals surface area contributed by atoms with Gasteiger partial charge in [0.25, 0.3) is 0 Å². The van der Waals surface area contributed by atoms with Gasteiger partial charge in [0.05, 0.1) is 6.61 Å². The molecule has 1 aliphatic rings. The molecule has 0 aromatic rings. The number of aliphatic hydroxyl groups excluding tert-OH is 5. The molecule has 14 heteroatoms. The van der Waals surface area contributed by atoms with E-state index in [4.69, 9.17) is 18.5 Å². The molecule has 0 spiro atoms. The average molecular weight is 819 g/mol. The van der Waals surface area contributed by atoms with Crippen LogP contribution in [0.25, 0.3) is 0 Å². The second-order valence-corrected chi connectivity index (χ2v) is 16.2. The summed E-state index contributed by atoms with van der Waals surface area (Å²) in [6.45, 7) is 3.20. The first-order chi connectivity index (χ1) is 26.9. The Labute approximate surface area is 336 Å². The summed E-state index contributed by atoms with van der Waals surface area (Å²) < 4.78 is 33.4. The van der Waals surface area contributed by atoms with Gasteiger partial charge in [-0.2, -0.15) is 0 Å². The second-order valence-electron chi connectivity index (χ2n) is 14.8. The SMILES string of the molecule is CCCCC/C=C/C/C=C/CCCCCCCC(=O)OC[C@@H](COP(=O)(O)OC1C(O)C(O)C(O)[C@H](O)C1O)OC(=O)CCCCCCC/C=C/CCCCC. The lowest BCUT2D eigenvalue weighted by Crippen LogP contribution is -2.64. The van der Waals surface area contributed by atoms with Gasteiger partial charge in [0.15, 0.2) is 6.10 Å². The Morgan fingerprint density at radius 3 is 1.46 bits per heavy atom. The molecule has 0 aromatic carbocycles. The van der Waals surface area contributed by atoms with E-state index in [1.165, 1.54) is 38.5 Å². The van der Waals surface area contributed by atoms with E-state index in [1.807, 2.05) is 0 Å². The summed E-state index contributed by atoms with van der Waals surface area (Å²) in [7, 11) is -5.12. The summed E-state index contributed by atoms with van der Waals surface area (Å²) in [5.41, 5.74) is 0. The van der Waals surface area contributed by atoms with Crippen molar-refractivity contribution in [1.29, 1.82) is 0 Å². The fraction of sp³-hybridized carbons (Fsp3) is 0.810. The minimum Gasteiger partial charge on any atom is -0.462 e. The Kier molecular flexibility index (Phi) is 30.7. The molecule has 1 rings (SSSR count). The number of carbonyl (C=O) groups excluding carboxylic acids is 2. The van der Waals surface area contributed by atoms with Crippen LogP contribution in [0.2, 0.25) is 0 Å². The van der Waals surface area contributed by atoms with Crippen molar-refractivity contribution in [2.24, 2.45) is 0 Å². The number of hydrogen-bond donors (Lipinski definition) is 6. The van der Waals surface area contributed by atoms with Crippen LogP contribution in [-0.4, -0.2) is 98.3 Å². The molecule has 0 aliphatic heterocycles. The van der Waals surface area contributed by atoms with Crippen LogP contribution in [-0.2, 0) is 32.7 Å². The highest BCUT2D eigenvalue weighted by Gasteiger charge is 2.51. The molecule has 0 amide bonds. The lowest BCUT2D eigenvalue weighted by atomic mass is 9.85. The van der Waals surface area contributed by atoms with Crippen molar-refractivity contribution >= 4 is 19.8 Å². The third kappa shape index (κ3) is 25.4. The van der Waals surface area contributed by atoms with Gasteiger partial charge in [-0.25, -0.2) is 4.57 Å². The summed E-state index contributed by atoms with van der Waals surface area (Å²) in [5.74, 6) is -1.13. The number of aliphatic hydroxyl groups is 5. The topological polar surface area (TPSA) is 210 Å². The van der Waals surface area contributed by atoms with E-state index in [9.17, 15) is 44.6 Å². The summed E-state index contributed by atoms with van der Waals surface area (Å²) in [6, 6.07) is 0. The van der Waals surface area contributed by atoms with Crippen molar-refractivity contribution in [2.45, 2.75) is 204 Å². The van der Waals surface area contributed by atoms with Gasteiger partial charge in [0, 0.05) is 12.8 Å². The van der Waals surface area contributed by atoms with Gasteiger partial charge >= 0.3 is 19.8 Å². The van der Waals surface area contributed by atoms with Gasteiger partial charge in [-0.15, -0.1) is 0 Å². The van der Waals surface area contributed by atoms with Crippen LogP contribution in [0, 0.1) is 0 Å². The van der Waals surface area contributed by atoms with Crippen molar-refractivity contribution in [1.82, 2.24) is 0 Å². The molecular formula is C42H75O13P. The van der Waals surface area contributed by atoms with E-state index < -0.39 is 75.7 Å². The molecule has 1 saturated carbocycles. The third-order valence-corrected chi connectivity index (χ3v) is 10.7. The summed E-state index contributed by atoms with van der Waals surface area (Å²) in [5, 5.41) is 50.0. The number of esters is 2. The van der Waals surface area contributed by atoms with Gasteiger partial charge in [0.1, 0.15) is 43.2 Å². The molecule has 326 valence electrons. The minimum atomic E-state index is -5.12. The van der Waals surface area contributed by atoms with E-state index in [0.29, 0.717) is 12.8 Å². The Bertz CT molecular complexity index is 1130. The maximum Gasteiger partial charge on any atom is 0.472 e. The Morgan fingerprint density at radius 2 is 0.964 bits per heavy atom. The molecular weight excluding hydrogens is 743 g/mol. The van der Waals surface area contributed by atoms with Gasteiger partial charge < -0.3 is 39.9 Å². The third-order valence-electron chi connectivity index (χ3n) is 9.70. The van der Waals surface area contributed by atoms with Crippen molar-refractivity contribution in [3.63, 3.8) is 0 Å². The van der Waals surface area contributed by atoms with Gasteiger partial charge in [-0.05, 0) is 70.6 Å². The van der Waals surface area contributed by atoms with Crippen LogP contribution in [0.5, 0.6) is 0 Å². The highest BCUT2D eigenvalue weighted by molar-refractivity contribution is 7.47. The Balaban J connectivity index is 2.51. The lowest BCUT2D eigenvalue weighted by molar-refractivity contribution is -0.220. The smallest absolute Gasteiger partial charge is 0.462 e. The number of hydrogen-bond acceptors (Lipinski definition) is 12. The normalized spacial score (nSPS) is 23.2. The van der Waals surface area contributed by atoms with Crippen LogP contribution in [0.1, 0.15) is 162 Å². The summed E-state index contributed by atoms with van der Waals surface area (Å²) >= 11 is 0. The second kappa shape index (κ2) is 33.0. The maximum atomic E-state index is 12.8. The molecule has 6 unspecified atom stereocenters. The van der Waals surface area contributed by atoms with E-state index in [-0.39, 0.29) is 12.8 Å². The first-order valence-corrected chi connectivity index (χ1v) is 22.8. The van der Waals surface area contributed by atoms with Crippen LogP contribution in [0.4, 0.5) is 0 Å². The summed E-state index contributed by atoms with van der Waals surface area (Å²) in [6.07, 6.45) is 22.1. The highest BCUT2D eigenvalue weighted by atomic mass is 31.2. The Morgan fingerprint density at radius 1 is 0.554 bits per heavy atom. The quantitative estimate of drug-likeness (QED) is 0.0162. The van der Waals surface area contributed by atoms with Crippen LogP contribution in [0.15, 0.2) is 36.5 Å². The van der Waals surface area contributed by atoms with E-state index in [0.717, 1.165) is 83.5 Å². The van der Waals surface area contributed by atoms with Crippen molar-refractivity contribution in [3.05, 3.63) is 36.5 Å². The monoisotopic (exact) mass is 818 g/mol. The van der Waals surface area contributed by atoms with E-state index in [1.54, 1.807) is 0 Å². The van der Waals surface area contributed by atoms with E-state index >= 15 is 0 Å². The molecule has 0 aromatic heterocycles. The lowest BCUT2D eigenvalue weighted by Gasteiger charge is -2.41. The van der Waals surface area contributed by atoms with Gasteiger partial charge in [-0.1, -0.05) is 115 Å². The first-order valence-electron chi connectivity index (χ1n) is 21.3. The maximum absolute atomic E-state index is 12.8. The number of phosphoric ester groups is 1. The van der Waals surface area contributed by atoms with Crippen molar-refractivity contribution in [2.75, 3.05) is 13.2 Å². The molecule has 6 N–H and O–H groups in total. The molecule has 0 saturated heterocycles. The zero-order chi connectivity index (χ0) is 41.4. The van der Waals surface area contributed by atoms with Gasteiger partial charge in [0.2, 0.25) is 0 Å². The van der Waals surface area contributed by atoms with Crippen LogP contribution < -0.4 is 0 Å². The van der Waals surface area contributed by atoms with E-state index in [2.05, 4.69) is 50.3 Å². The van der Waals surface area contributed by atoms with Crippen LogP contribution in [0.3, 0.4) is 0 Å². The predicted molar refractivity (Wildman–Crippen MR) is 216 cm³/mol. The number of ether oxygens (including phenoxy) is 2. The molecule has 0 bridgehead atoms. The number of phosphoric acid groups is 1. The number of allylic oxidation sites excluding steroid dienone is 6. The van der Waals surface area contributed by atoms with Crippen molar-refractivity contribution in [3.8, 4) is 0 Å². The van der Waals surface area contributed by atoms with Crippen LogP contribution >= 0.6 is 7.82 Å². The number of carbonyl (C=O) groups is 2. The zero-order valence-corrected chi connectivity index (χ0v) is 35.1. The molecule has 0 radical (unpaired) electrons. The molecule has 56 heavy (non-hydrogen) atoms.